The number of nitrogens with one attached hydrogen (secondary N) is 1. The summed E-state index contributed by atoms with van der Waals surface area (Å²) in [5.74, 6) is 6.48. The van der Waals surface area contributed by atoms with Crippen LogP contribution in [0.15, 0.2) is 41.1 Å². The van der Waals surface area contributed by atoms with E-state index >= 15 is 0 Å². The highest BCUT2D eigenvalue weighted by Crippen LogP contribution is 2.24. The van der Waals surface area contributed by atoms with E-state index in [-0.39, 0.29) is 17.5 Å². The Morgan fingerprint density at radius 1 is 1.32 bits per heavy atom. The van der Waals surface area contributed by atoms with Gasteiger partial charge in [-0.15, -0.1) is 0 Å². The highest BCUT2D eigenvalue weighted by atomic mass is 16.5. The summed E-state index contributed by atoms with van der Waals surface area (Å²) in [7, 11) is 1.53. The Morgan fingerprint density at radius 3 is 2.81 bits per heavy atom. The number of aryl methyl sites for hydroxylation is 1. The second kappa shape index (κ2) is 7.55. The number of nitrogens with two attached hydrogens (primary N) is 1. The Balaban J connectivity index is 1.83. The third-order valence-electron chi connectivity index (χ3n) is 4.58. The number of aromatic nitrogens is 5. The van der Waals surface area contributed by atoms with Gasteiger partial charge >= 0.3 is 0 Å². The Morgan fingerprint density at radius 2 is 2.13 bits per heavy atom. The minimum absolute atomic E-state index is 0.0811. The molecule has 0 radical (unpaired) electrons. The molecule has 1 amide bonds. The number of hydrogen-bond acceptors (Lipinski definition) is 8. The number of fused-ring (bicyclic) bond motifs is 1. The van der Waals surface area contributed by atoms with Crippen LogP contribution in [-0.4, -0.2) is 43.0 Å². The van der Waals surface area contributed by atoms with Gasteiger partial charge in [0.15, 0.2) is 17.1 Å². The summed E-state index contributed by atoms with van der Waals surface area (Å²) in [4.78, 5) is 20.4. The molecule has 4 rings (SSSR count). The van der Waals surface area contributed by atoms with Gasteiger partial charge in [-0.25, -0.2) is 9.67 Å². The van der Waals surface area contributed by atoms with Crippen LogP contribution >= 0.6 is 0 Å². The third kappa shape index (κ3) is 3.82. The molecule has 3 heterocycles. The first-order chi connectivity index (χ1) is 14.8. The molecule has 1 aromatic carbocycles. The van der Waals surface area contributed by atoms with Gasteiger partial charge in [0.1, 0.15) is 11.5 Å². The summed E-state index contributed by atoms with van der Waals surface area (Å²) in [6.07, 6.45) is 1.51. The average Bonchev–Trinajstić information content (AvgIpc) is 3.36. The average molecular weight is 417 g/mol. The maximum Gasteiger partial charge on any atom is 0.272 e. The van der Waals surface area contributed by atoms with Crippen LogP contribution < -0.4 is 11.1 Å². The SMILES string of the molecule is CNC(=O)c1nn(-c2ccnc(N)n2)c2cc(C#C[C@@](C)(O)c3cc(C)on3)ccc12. The molecule has 0 unspecified atom stereocenters. The number of benzene rings is 1. The molecule has 0 spiro atoms. The number of aliphatic hydroxyl groups is 1. The van der Waals surface area contributed by atoms with Crippen molar-refractivity contribution in [2.24, 2.45) is 0 Å². The molecule has 4 aromatic rings. The molecule has 0 saturated heterocycles. The fourth-order valence-electron chi connectivity index (χ4n) is 2.99. The summed E-state index contributed by atoms with van der Waals surface area (Å²) in [5, 5.41) is 22.1. The quantitative estimate of drug-likeness (QED) is 0.423. The number of carbonyl (C=O) groups is 1. The molecule has 31 heavy (non-hydrogen) atoms. The molecule has 156 valence electrons. The van der Waals surface area contributed by atoms with Gasteiger partial charge in [0, 0.05) is 36.3 Å². The van der Waals surface area contributed by atoms with Crippen LogP contribution in [-0.2, 0) is 5.60 Å². The van der Waals surface area contributed by atoms with Gasteiger partial charge in [0.05, 0.1) is 5.52 Å². The summed E-state index contributed by atoms with van der Waals surface area (Å²) in [6.45, 7) is 3.27. The smallest absolute Gasteiger partial charge is 0.272 e. The summed E-state index contributed by atoms with van der Waals surface area (Å²) < 4.78 is 6.52. The minimum Gasteiger partial charge on any atom is -0.372 e. The molecule has 0 aliphatic heterocycles. The van der Waals surface area contributed by atoms with Gasteiger partial charge in [0.25, 0.3) is 5.91 Å². The van der Waals surface area contributed by atoms with E-state index in [9.17, 15) is 9.90 Å². The molecule has 0 fully saturated rings. The standard InChI is InChI=1S/C21H19N7O3/c1-12-10-16(27-31-12)21(2,30)8-6-13-4-5-14-15(11-13)28(26-18(14)19(29)23-3)17-7-9-24-20(22)25-17/h4-5,7,9-11,30H,1-3H3,(H,23,29)(H2,22,24,25)/t21-/m1/s1. The van der Waals surface area contributed by atoms with E-state index in [0.29, 0.717) is 33.7 Å². The zero-order valence-electron chi connectivity index (χ0n) is 17.0. The first kappa shape index (κ1) is 20.1. The Bertz CT molecular complexity index is 1360. The molecular weight excluding hydrogens is 398 g/mol. The van der Waals surface area contributed by atoms with Gasteiger partial charge in [-0.2, -0.15) is 10.1 Å². The number of nitrogens with zero attached hydrogens (tertiary/aromatic N) is 5. The summed E-state index contributed by atoms with van der Waals surface area (Å²) in [6, 6.07) is 8.50. The van der Waals surface area contributed by atoms with E-state index < -0.39 is 5.60 Å². The van der Waals surface area contributed by atoms with E-state index in [1.54, 1.807) is 37.3 Å². The van der Waals surface area contributed by atoms with E-state index in [1.807, 2.05) is 0 Å². The molecule has 1 atom stereocenters. The summed E-state index contributed by atoms with van der Waals surface area (Å²) >= 11 is 0. The number of rotatable bonds is 3. The topological polar surface area (TPSA) is 145 Å². The Kier molecular flexibility index (Phi) is 4.88. The van der Waals surface area contributed by atoms with E-state index in [0.717, 1.165) is 0 Å². The maximum absolute atomic E-state index is 12.3. The second-order valence-corrected chi connectivity index (χ2v) is 6.99. The fourth-order valence-corrected chi connectivity index (χ4v) is 2.99. The Labute approximate surface area is 177 Å². The molecule has 0 saturated carbocycles. The van der Waals surface area contributed by atoms with Crippen molar-refractivity contribution in [2.75, 3.05) is 12.8 Å². The van der Waals surface area contributed by atoms with Gasteiger partial charge in [-0.1, -0.05) is 17.0 Å². The first-order valence-electron chi connectivity index (χ1n) is 9.31. The van der Waals surface area contributed by atoms with E-state index in [4.69, 9.17) is 10.3 Å². The van der Waals surface area contributed by atoms with Gasteiger partial charge in [-0.05, 0) is 32.0 Å². The lowest BCUT2D eigenvalue weighted by atomic mass is 10.0. The molecule has 0 aliphatic rings. The van der Waals surface area contributed by atoms with Crippen molar-refractivity contribution in [3.63, 3.8) is 0 Å². The normalized spacial score (nSPS) is 12.8. The largest absolute Gasteiger partial charge is 0.372 e. The number of nitrogen functional groups attached to an aromatic ring is 1. The van der Waals surface area contributed by atoms with Crippen LogP contribution in [0.5, 0.6) is 0 Å². The van der Waals surface area contributed by atoms with Crippen molar-refractivity contribution in [2.45, 2.75) is 19.4 Å². The second-order valence-electron chi connectivity index (χ2n) is 6.99. The molecule has 10 heteroatoms. The number of carbonyl (C=O) groups excluding carboxylic acids is 1. The zero-order chi connectivity index (χ0) is 22.2. The van der Waals surface area contributed by atoms with Gasteiger partial charge < -0.3 is 20.7 Å². The molecule has 3 aromatic heterocycles. The van der Waals surface area contributed by atoms with Gasteiger partial charge in [-0.3, -0.25) is 4.79 Å². The van der Waals surface area contributed by atoms with Crippen molar-refractivity contribution in [3.8, 4) is 17.7 Å². The van der Waals surface area contributed by atoms with Crippen LogP contribution in [0.1, 0.15) is 34.4 Å². The van der Waals surface area contributed by atoms with Crippen LogP contribution in [0, 0.1) is 18.8 Å². The Hall–Kier alpha value is -4.23. The predicted molar refractivity (Wildman–Crippen MR) is 112 cm³/mol. The monoisotopic (exact) mass is 417 g/mol. The van der Waals surface area contributed by atoms with Gasteiger partial charge in [0.2, 0.25) is 5.95 Å². The lowest BCUT2D eigenvalue weighted by Gasteiger charge is -2.11. The fraction of sp³-hybridized carbons (Fsp3) is 0.190. The molecular formula is C21H19N7O3. The van der Waals surface area contributed by atoms with Crippen LogP contribution in [0.4, 0.5) is 5.95 Å². The molecule has 0 aliphatic carbocycles. The number of anilines is 1. The van der Waals surface area contributed by atoms with E-state index in [2.05, 4.69) is 37.4 Å². The minimum atomic E-state index is -1.50. The van der Waals surface area contributed by atoms with Crippen LogP contribution in [0.25, 0.3) is 16.7 Å². The molecule has 10 nitrogen and oxygen atoms in total. The molecule has 0 bridgehead atoms. The van der Waals surface area contributed by atoms with Crippen molar-refractivity contribution in [3.05, 3.63) is 59.2 Å². The predicted octanol–water partition coefficient (Wildman–Crippen LogP) is 1.31. The van der Waals surface area contributed by atoms with Crippen LogP contribution in [0.3, 0.4) is 0 Å². The van der Waals surface area contributed by atoms with Crippen molar-refractivity contribution in [1.29, 1.82) is 0 Å². The highest BCUT2D eigenvalue weighted by Gasteiger charge is 2.24. The summed E-state index contributed by atoms with van der Waals surface area (Å²) in [5.41, 5.74) is 5.96. The van der Waals surface area contributed by atoms with Crippen molar-refractivity contribution < 1.29 is 14.4 Å². The first-order valence-corrected chi connectivity index (χ1v) is 9.31. The van der Waals surface area contributed by atoms with E-state index in [1.165, 1.54) is 24.9 Å². The lowest BCUT2D eigenvalue weighted by molar-refractivity contribution is 0.0959. The lowest BCUT2D eigenvalue weighted by Crippen LogP contribution is -2.19. The van der Waals surface area contributed by atoms with Crippen molar-refractivity contribution >= 4 is 22.8 Å². The number of hydrogen-bond donors (Lipinski definition) is 3. The zero-order valence-corrected chi connectivity index (χ0v) is 17.0. The third-order valence-corrected chi connectivity index (χ3v) is 4.58. The number of amides is 1. The van der Waals surface area contributed by atoms with Crippen LogP contribution in [0.2, 0.25) is 0 Å². The maximum atomic E-state index is 12.3. The highest BCUT2D eigenvalue weighted by molar-refractivity contribution is 6.05. The molecule has 4 N–H and O–H groups in total. The van der Waals surface area contributed by atoms with Crippen molar-refractivity contribution in [1.82, 2.24) is 30.2 Å².